The van der Waals surface area contributed by atoms with E-state index >= 15 is 0 Å². The van der Waals surface area contributed by atoms with Gasteiger partial charge in [-0.1, -0.05) is 53.7 Å². The Morgan fingerprint density at radius 2 is 1.82 bits per heavy atom. The van der Waals surface area contributed by atoms with E-state index in [2.05, 4.69) is 5.16 Å². The number of rotatable bonds is 8. The maximum Gasteiger partial charge on any atom is 0.272 e. The van der Waals surface area contributed by atoms with Gasteiger partial charge in [-0.25, -0.2) is 21.5 Å². The molecule has 0 atom stereocenters. The van der Waals surface area contributed by atoms with Crippen molar-refractivity contribution in [3.05, 3.63) is 65.4 Å². The van der Waals surface area contributed by atoms with E-state index in [9.17, 15) is 17.2 Å². The minimum atomic E-state index is -4.22. The molecule has 3 aromatic rings. The van der Waals surface area contributed by atoms with Crippen molar-refractivity contribution in [1.82, 2.24) is 10.1 Å². The molecule has 2 heterocycles. The van der Waals surface area contributed by atoms with Crippen LogP contribution in [0.3, 0.4) is 0 Å². The van der Waals surface area contributed by atoms with Crippen LogP contribution in [0.15, 0.2) is 57.9 Å². The summed E-state index contributed by atoms with van der Waals surface area (Å²) < 4.78 is 66.6. The van der Waals surface area contributed by atoms with Crippen LogP contribution in [-0.4, -0.2) is 51.3 Å². The SMILES string of the molecule is COCN(c1noc(C)c1C)S(=O)(=O)c1c(CN2CC(F)(F)C2)cccc1-c1ccccc1. The number of alkyl halides is 2. The van der Waals surface area contributed by atoms with Crippen LogP contribution in [0, 0.1) is 13.8 Å². The van der Waals surface area contributed by atoms with Gasteiger partial charge in [-0.15, -0.1) is 0 Å². The zero-order chi connectivity index (χ0) is 23.8. The summed E-state index contributed by atoms with van der Waals surface area (Å²) in [4.78, 5) is 1.55. The molecule has 0 amide bonds. The Bertz CT molecular complexity index is 1240. The predicted octanol–water partition coefficient (Wildman–Crippen LogP) is 4.21. The average molecular weight is 478 g/mol. The van der Waals surface area contributed by atoms with E-state index in [4.69, 9.17) is 9.26 Å². The van der Waals surface area contributed by atoms with Crippen LogP contribution in [0.5, 0.6) is 0 Å². The molecular formula is C23H25F2N3O4S. The second-order valence-electron chi connectivity index (χ2n) is 8.12. The number of benzene rings is 2. The fourth-order valence-corrected chi connectivity index (χ4v) is 5.72. The number of halogens is 2. The number of aromatic nitrogens is 1. The summed E-state index contributed by atoms with van der Waals surface area (Å²) in [7, 11) is -2.84. The molecule has 10 heteroatoms. The van der Waals surface area contributed by atoms with E-state index in [1.807, 2.05) is 30.3 Å². The molecule has 0 unspecified atom stereocenters. The monoisotopic (exact) mass is 477 g/mol. The Morgan fingerprint density at radius 3 is 2.39 bits per heavy atom. The topological polar surface area (TPSA) is 75.9 Å². The Balaban J connectivity index is 1.88. The van der Waals surface area contributed by atoms with Gasteiger partial charge in [0.1, 0.15) is 12.5 Å². The smallest absolute Gasteiger partial charge is 0.272 e. The molecule has 0 spiro atoms. The van der Waals surface area contributed by atoms with Gasteiger partial charge in [-0.2, -0.15) is 0 Å². The van der Waals surface area contributed by atoms with Crippen LogP contribution >= 0.6 is 0 Å². The van der Waals surface area contributed by atoms with E-state index in [1.54, 1.807) is 32.0 Å². The highest BCUT2D eigenvalue weighted by atomic mass is 32.2. The molecule has 1 aromatic heterocycles. The third-order valence-electron chi connectivity index (χ3n) is 5.65. The summed E-state index contributed by atoms with van der Waals surface area (Å²) in [5.41, 5.74) is 2.15. The molecule has 0 bridgehead atoms. The van der Waals surface area contributed by atoms with Gasteiger partial charge in [0.2, 0.25) is 0 Å². The van der Waals surface area contributed by atoms with Crippen molar-refractivity contribution >= 4 is 15.8 Å². The van der Waals surface area contributed by atoms with E-state index < -0.39 is 29.0 Å². The van der Waals surface area contributed by atoms with E-state index in [-0.39, 0.29) is 24.0 Å². The number of hydrogen-bond donors (Lipinski definition) is 0. The van der Waals surface area contributed by atoms with Gasteiger partial charge in [-0.05, 0) is 25.0 Å². The van der Waals surface area contributed by atoms with Gasteiger partial charge in [-0.3, -0.25) is 4.90 Å². The van der Waals surface area contributed by atoms with Gasteiger partial charge in [0.05, 0.1) is 18.0 Å². The summed E-state index contributed by atoms with van der Waals surface area (Å²) in [5, 5.41) is 3.95. The van der Waals surface area contributed by atoms with Crippen LogP contribution in [0.25, 0.3) is 11.1 Å². The fourth-order valence-electron chi connectivity index (χ4n) is 3.93. The van der Waals surface area contributed by atoms with Gasteiger partial charge in [0, 0.05) is 24.8 Å². The highest BCUT2D eigenvalue weighted by molar-refractivity contribution is 7.93. The lowest BCUT2D eigenvalue weighted by molar-refractivity contribution is -0.134. The molecule has 33 heavy (non-hydrogen) atoms. The van der Waals surface area contributed by atoms with Crippen molar-refractivity contribution in [2.45, 2.75) is 31.2 Å². The maximum atomic E-state index is 14.1. The molecule has 1 fully saturated rings. The van der Waals surface area contributed by atoms with E-state index in [1.165, 1.54) is 12.0 Å². The second-order valence-corrected chi connectivity index (χ2v) is 9.92. The summed E-state index contributed by atoms with van der Waals surface area (Å²) in [5.74, 6) is -2.15. The summed E-state index contributed by atoms with van der Waals surface area (Å²) >= 11 is 0. The molecule has 7 nitrogen and oxygen atoms in total. The normalized spacial score (nSPS) is 15.9. The second kappa shape index (κ2) is 8.85. The first-order chi connectivity index (χ1) is 15.6. The van der Waals surface area contributed by atoms with Crippen LogP contribution < -0.4 is 4.31 Å². The molecule has 1 aliphatic rings. The summed E-state index contributed by atoms with van der Waals surface area (Å²) in [6.45, 7) is 2.36. The van der Waals surface area contributed by atoms with Crippen molar-refractivity contribution < 1.29 is 26.5 Å². The molecule has 1 aliphatic heterocycles. The molecular weight excluding hydrogens is 452 g/mol. The molecule has 0 N–H and O–H groups in total. The highest BCUT2D eigenvalue weighted by Gasteiger charge is 2.44. The molecule has 0 saturated carbocycles. The van der Waals surface area contributed by atoms with Crippen molar-refractivity contribution in [1.29, 1.82) is 0 Å². The van der Waals surface area contributed by atoms with Crippen LogP contribution in [0.4, 0.5) is 14.6 Å². The van der Waals surface area contributed by atoms with E-state index in [0.717, 1.165) is 4.31 Å². The van der Waals surface area contributed by atoms with Gasteiger partial charge >= 0.3 is 0 Å². The number of ether oxygens (including phenoxy) is 1. The molecule has 0 radical (unpaired) electrons. The van der Waals surface area contributed by atoms with Gasteiger partial charge < -0.3 is 9.26 Å². The number of likely N-dealkylation sites (tertiary alicyclic amines) is 1. The molecule has 176 valence electrons. The number of methoxy groups -OCH3 is 1. The van der Waals surface area contributed by atoms with Crippen LogP contribution in [0.2, 0.25) is 0 Å². The number of sulfonamides is 1. The lowest BCUT2D eigenvalue weighted by Crippen LogP contribution is -2.55. The first-order valence-electron chi connectivity index (χ1n) is 10.4. The maximum absolute atomic E-state index is 14.1. The third-order valence-corrected chi connectivity index (χ3v) is 7.51. The Labute approximate surface area is 191 Å². The van der Waals surface area contributed by atoms with Crippen LogP contribution in [-0.2, 0) is 21.3 Å². The standard InChI is InChI=1S/C23H25F2N3O4S/c1-16-17(2)32-26-22(16)28(15-31-3)33(29,30)21-19(12-27-13-23(24,25)14-27)10-7-11-20(21)18-8-5-4-6-9-18/h4-11H,12-15H2,1-3H3. The van der Waals surface area contributed by atoms with Crippen molar-refractivity contribution in [3.63, 3.8) is 0 Å². The quantitative estimate of drug-likeness (QED) is 0.453. The molecule has 2 aromatic carbocycles. The Kier molecular flexibility index (Phi) is 6.26. The first kappa shape index (κ1) is 23.3. The zero-order valence-electron chi connectivity index (χ0n) is 18.6. The highest BCUT2D eigenvalue weighted by Crippen LogP contribution is 2.37. The summed E-state index contributed by atoms with van der Waals surface area (Å²) in [6.07, 6.45) is 0. The fraction of sp³-hybridized carbons (Fsp3) is 0.348. The average Bonchev–Trinajstić information content (AvgIpc) is 3.09. The van der Waals surface area contributed by atoms with E-state index in [0.29, 0.717) is 28.0 Å². The largest absolute Gasteiger partial charge is 0.363 e. The Hall–Kier alpha value is -2.82. The minimum absolute atomic E-state index is 0.0310. The van der Waals surface area contributed by atoms with Crippen LogP contribution in [0.1, 0.15) is 16.9 Å². The third kappa shape index (κ3) is 4.50. The molecule has 1 saturated heterocycles. The number of hydrogen-bond acceptors (Lipinski definition) is 6. The predicted molar refractivity (Wildman–Crippen MR) is 120 cm³/mol. The molecule has 4 rings (SSSR count). The van der Waals surface area contributed by atoms with Gasteiger partial charge in [0.25, 0.3) is 15.9 Å². The van der Waals surface area contributed by atoms with Crippen molar-refractivity contribution in [3.8, 4) is 11.1 Å². The Morgan fingerprint density at radius 1 is 1.12 bits per heavy atom. The number of nitrogens with zero attached hydrogens (tertiary/aromatic N) is 3. The zero-order valence-corrected chi connectivity index (χ0v) is 19.4. The lowest BCUT2D eigenvalue weighted by atomic mass is 10.0. The molecule has 0 aliphatic carbocycles. The van der Waals surface area contributed by atoms with Crippen molar-refractivity contribution in [2.75, 3.05) is 31.2 Å². The number of anilines is 1. The number of aryl methyl sites for hydroxylation is 1. The minimum Gasteiger partial charge on any atom is -0.363 e. The van der Waals surface area contributed by atoms with Crippen molar-refractivity contribution in [2.24, 2.45) is 0 Å². The first-order valence-corrected chi connectivity index (χ1v) is 11.8. The lowest BCUT2D eigenvalue weighted by Gasteiger charge is -2.39. The summed E-state index contributed by atoms with van der Waals surface area (Å²) in [6, 6.07) is 14.2. The van der Waals surface area contributed by atoms with Gasteiger partial charge in [0.15, 0.2) is 5.82 Å².